The number of halogens is 1. The van der Waals surface area contributed by atoms with Gasteiger partial charge in [0.2, 0.25) is 0 Å². The number of carbonyl (C=O) groups excluding carboxylic acids is 1. The van der Waals surface area contributed by atoms with Crippen LogP contribution in [0, 0.1) is 5.82 Å². The number of hydrogen-bond donors (Lipinski definition) is 1. The number of nitrogens with zero attached hydrogens (tertiary/aromatic N) is 5. The summed E-state index contributed by atoms with van der Waals surface area (Å²) < 4.78 is 14.6. The molecule has 0 unspecified atom stereocenters. The molecule has 0 atom stereocenters. The van der Waals surface area contributed by atoms with Crippen LogP contribution in [0.3, 0.4) is 0 Å². The molecular formula is C20H21FN6O. The molecule has 1 N–H and O–H groups in total. The van der Waals surface area contributed by atoms with Gasteiger partial charge in [0, 0.05) is 31.9 Å². The van der Waals surface area contributed by atoms with Gasteiger partial charge in [-0.3, -0.25) is 9.48 Å². The van der Waals surface area contributed by atoms with E-state index in [-0.39, 0.29) is 18.3 Å². The third kappa shape index (κ3) is 3.85. The van der Waals surface area contributed by atoms with Crippen molar-refractivity contribution in [2.24, 2.45) is 7.05 Å². The minimum absolute atomic E-state index is 0.234. The van der Waals surface area contributed by atoms with Crippen molar-refractivity contribution in [1.82, 2.24) is 25.1 Å². The third-order valence-electron chi connectivity index (χ3n) is 4.78. The standard InChI is InChI=1S/C20H21FN6O/c1-26-17(12-16(25-26)14-4-6-15(21)7-5-14)20(28)23-13-18-22-9-8-19(24-18)27-10-2-3-11-27/h4-9,12H,2-3,10-11,13H2,1H3,(H,23,28). The first kappa shape index (κ1) is 18.1. The lowest BCUT2D eigenvalue weighted by Crippen LogP contribution is -2.26. The first-order valence-electron chi connectivity index (χ1n) is 9.25. The minimum atomic E-state index is -0.311. The average Bonchev–Trinajstić information content (AvgIpc) is 3.37. The fourth-order valence-corrected chi connectivity index (χ4v) is 3.29. The molecular weight excluding hydrogens is 359 g/mol. The molecule has 1 saturated heterocycles. The van der Waals surface area contributed by atoms with E-state index in [4.69, 9.17) is 0 Å². The minimum Gasteiger partial charge on any atom is -0.357 e. The smallest absolute Gasteiger partial charge is 0.269 e. The molecule has 1 fully saturated rings. The lowest BCUT2D eigenvalue weighted by atomic mass is 10.1. The summed E-state index contributed by atoms with van der Waals surface area (Å²) in [5, 5.41) is 7.19. The number of aromatic nitrogens is 4. The maximum absolute atomic E-state index is 13.1. The maximum atomic E-state index is 13.1. The normalized spacial score (nSPS) is 13.7. The highest BCUT2D eigenvalue weighted by atomic mass is 19.1. The van der Waals surface area contributed by atoms with Crippen LogP contribution >= 0.6 is 0 Å². The van der Waals surface area contributed by atoms with Gasteiger partial charge in [-0.15, -0.1) is 0 Å². The van der Waals surface area contributed by atoms with E-state index in [1.807, 2.05) is 6.07 Å². The van der Waals surface area contributed by atoms with Crippen molar-refractivity contribution >= 4 is 11.7 Å². The zero-order chi connectivity index (χ0) is 19.5. The van der Waals surface area contributed by atoms with Crippen LogP contribution in [-0.4, -0.2) is 38.7 Å². The van der Waals surface area contributed by atoms with Gasteiger partial charge in [0.15, 0.2) is 0 Å². The molecule has 1 aliphatic rings. The van der Waals surface area contributed by atoms with Crippen LogP contribution in [0.25, 0.3) is 11.3 Å². The predicted molar refractivity (Wildman–Crippen MR) is 103 cm³/mol. The van der Waals surface area contributed by atoms with Gasteiger partial charge in [-0.2, -0.15) is 5.10 Å². The summed E-state index contributed by atoms with van der Waals surface area (Å²) in [6, 6.07) is 9.59. The number of carbonyl (C=O) groups is 1. The highest BCUT2D eigenvalue weighted by Gasteiger charge is 2.16. The van der Waals surface area contributed by atoms with E-state index in [0.29, 0.717) is 17.2 Å². The van der Waals surface area contributed by atoms with Crippen LogP contribution in [0.5, 0.6) is 0 Å². The Kier molecular flexibility index (Phi) is 5.01. The lowest BCUT2D eigenvalue weighted by molar-refractivity contribution is 0.0940. The summed E-state index contributed by atoms with van der Waals surface area (Å²) in [5.74, 6) is 0.891. The van der Waals surface area contributed by atoms with Gasteiger partial charge in [-0.05, 0) is 49.2 Å². The molecule has 0 radical (unpaired) electrons. The zero-order valence-electron chi connectivity index (χ0n) is 15.6. The molecule has 7 nitrogen and oxygen atoms in total. The van der Waals surface area contributed by atoms with Crippen LogP contribution in [-0.2, 0) is 13.6 Å². The molecule has 0 aliphatic carbocycles. The first-order valence-corrected chi connectivity index (χ1v) is 9.25. The first-order chi connectivity index (χ1) is 13.6. The number of aryl methyl sites for hydroxylation is 1. The van der Waals surface area contributed by atoms with Gasteiger partial charge in [0.25, 0.3) is 5.91 Å². The quantitative estimate of drug-likeness (QED) is 0.736. The van der Waals surface area contributed by atoms with Crippen LogP contribution < -0.4 is 10.2 Å². The summed E-state index contributed by atoms with van der Waals surface area (Å²) in [4.78, 5) is 23.6. The molecule has 0 bridgehead atoms. The molecule has 144 valence electrons. The van der Waals surface area contributed by atoms with Crippen molar-refractivity contribution in [2.45, 2.75) is 19.4 Å². The van der Waals surface area contributed by atoms with Crippen molar-refractivity contribution in [1.29, 1.82) is 0 Å². The molecule has 2 aromatic heterocycles. The Labute approximate surface area is 162 Å². The number of anilines is 1. The second-order valence-electron chi connectivity index (χ2n) is 6.75. The van der Waals surface area contributed by atoms with Crippen molar-refractivity contribution < 1.29 is 9.18 Å². The Morgan fingerprint density at radius 1 is 1.18 bits per heavy atom. The SMILES string of the molecule is Cn1nc(-c2ccc(F)cc2)cc1C(=O)NCc1nccc(N2CCCC2)n1. The van der Waals surface area contributed by atoms with Gasteiger partial charge in [-0.1, -0.05) is 0 Å². The van der Waals surface area contributed by atoms with E-state index in [0.717, 1.165) is 24.5 Å². The number of amides is 1. The van der Waals surface area contributed by atoms with Crippen LogP contribution in [0.1, 0.15) is 29.2 Å². The van der Waals surface area contributed by atoms with E-state index >= 15 is 0 Å². The van der Waals surface area contributed by atoms with Gasteiger partial charge >= 0.3 is 0 Å². The fraction of sp³-hybridized carbons (Fsp3) is 0.300. The Balaban J connectivity index is 1.44. The Morgan fingerprint density at radius 2 is 1.93 bits per heavy atom. The lowest BCUT2D eigenvalue weighted by Gasteiger charge is -2.16. The van der Waals surface area contributed by atoms with E-state index < -0.39 is 0 Å². The van der Waals surface area contributed by atoms with Gasteiger partial charge in [0.05, 0.1) is 12.2 Å². The van der Waals surface area contributed by atoms with Gasteiger partial charge in [-0.25, -0.2) is 14.4 Å². The van der Waals surface area contributed by atoms with Crippen LogP contribution in [0.15, 0.2) is 42.6 Å². The highest BCUT2D eigenvalue weighted by molar-refractivity contribution is 5.93. The fourth-order valence-electron chi connectivity index (χ4n) is 3.29. The predicted octanol–water partition coefficient (Wildman–Crippen LogP) is 2.55. The molecule has 0 spiro atoms. The molecule has 8 heteroatoms. The Hall–Kier alpha value is -3.29. The summed E-state index contributed by atoms with van der Waals surface area (Å²) in [6.07, 6.45) is 4.07. The molecule has 28 heavy (non-hydrogen) atoms. The molecule has 1 amide bonds. The number of rotatable bonds is 5. The summed E-state index contributed by atoms with van der Waals surface area (Å²) >= 11 is 0. The van der Waals surface area contributed by atoms with E-state index in [1.54, 1.807) is 31.4 Å². The molecule has 3 aromatic rings. The largest absolute Gasteiger partial charge is 0.357 e. The molecule has 1 aliphatic heterocycles. The topological polar surface area (TPSA) is 75.9 Å². The van der Waals surface area contributed by atoms with Crippen molar-refractivity contribution in [3.63, 3.8) is 0 Å². The Bertz CT molecular complexity index is 979. The van der Waals surface area contributed by atoms with E-state index in [9.17, 15) is 9.18 Å². The van der Waals surface area contributed by atoms with Crippen molar-refractivity contribution in [3.05, 3.63) is 59.9 Å². The molecule has 3 heterocycles. The Morgan fingerprint density at radius 3 is 2.68 bits per heavy atom. The summed E-state index contributed by atoms with van der Waals surface area (Å²) in [7, 11) is 1.70. The second-order valence-corrected chi connectivity index (χ2v) is 6.75. The summed E-state index contributed by atoms with van der Waals surface area (Å²) in [5.41, 5.74) is 1.77. The highest BCUT2D eigenvalue weighted by Crippen LogP contribution is 2.19. The van der Waals surface area contributed by atoms with Crippen molar-refractivity contribution in [2.75, 3.05) is 18.0 Å². The van der Waals surface area contributed by atoms with Gasteiger partial charge < -0.3 is 10.2 Å². The second kappa shape index (κ2) is 7.75. The maximum Gasteiger partial charge on any atom is 0.269 e. The number of benzene rings is 1. The number of hydrogen-bond acceptors (Lipinski definition) is 5. The van der Waals surface area contributed by atoms with E-state index in [2.05, 4.69) is 25.3 Å². The number of nitrogens with one attached hydrogen (secondary N) is 1. The average molecular weight is 380 g/mol. The molecule has 0 saturated carbocycles. The summed E-state index contributed by atoms with van der Waals surface area (Å²) in [6.45, 7) is 2.24. The molecule has 4 rings (SSSR count). The van der Waals surface area contributed by atoms with E-state index in [1.165, 1.54) is 29.7 Å². The van der Waals surface area contributed by atoms with Crippen LogP contribution in [0.4, 0.5) is 10.2 Å². The zero-order valence-corrected chi connectivity index (χ0v) is 15.6. The van der Waals surface area contributed by atoms with Gasteiger partial charge in [0.1, 0.15) is 23.2 Å². The van der Waals surface area contributed by atoms with Crippen molar-refractivity contribution in [3.8, 4) is 11.3 Å². The van der Waals surface area contributed by atoms with Crippen LogP contribution in [0.2, 0.25) is 0 Å². The monoisotopic (exact) mass is 380 g/mol. The third-order valence-corrected chi connectivity index (χ3v) is 4.78. The molecule has 1 aromatic carbocycles.